The number of anilines is 2. The predicted molar refractivity (Wildman–Crippen MR) is 111 cm³/mol. The summed E-state index contributed by atoms with van der Waals surface area (Å²) < 4.78 is 0. The minimum atomic E-state index is -1.37. The number of rotatable bonds is 11. The molecule has 28 heavy (non-hydrogen) atoms. The van der Waals surface area contributed by atoms with Gasteiger partial charge in [0.25, 0.3) is 0 Å². The van der Waals surface area contributed by atoms with Gasteiger partial charge in [-0.3, -0.25) is 0 Å². The van der Waals surface area contributed by atoms with Crippen molar-refractivity contribution in [1.29, 1.82) is 0 Å². The van der Waals surface area contributed by atoms with Gasteiger partial charge in [0.15, 0.2) is 6.29 Å². The van der Waals surface area contributed by atoms with Gasteiger partial charge < -0.3 is 42.1 Å². The van der Waals surface area contributed by atoms with Crippen molar-refractivity contribution in [2.24, 2.45) is 11.5 Å². The van der Waals surface area contributed by atoms with Crippen LogP contribution in [0.25, 0.3) is 0 Å². The molecule has 2 rings (SSSR count). The molecule has 8 heteroatoms. The largest absolute Gasteiger partial charge is 0.399 e. The maximum absolute atomic E-state index is 9.22. The van der Waals surface area contributed by atoms with E-state index < -0.39 is 11.8 Å². The number of benzene rings is 1. The van der Waals surface area contributed by atoms with Crippen molar-refractivity contribution in [1.82, 2.24) is 0 Å². The van der Waals surface area contributed by atoms with Gasteiger partial charge in [-0.05, 0) is 49.1 Å². The van der Waals surface area contributed by atoms with Crippen LogP contribution in [0.5, 0.6) is 0 Å². The lowest BCUT2D eigenvalue weighted by Crippen LogP contribution is -2.41. The first-order valence-electron chi connectivity index (χ1n) is 9.49. The van der Waals surface area contributed by atoms with Crippen LogP contribution in [-0.2, 0) is 0 Å². The Morgan fingerprint density at radius 2 is 1.89 bits per heavy atom. The summed E-state index contributed by atoms with van der Waals surface area (Å²) in [6.45, 7) is 1.42. The van der Waals surface area contributed by atoms with Crippen LogP contribution in [0, 0.1) is 0 Å². The van der Waals surface area contributed by atoms with Crippen LogP contribution in [0.3, 0.4) is 0 Å². The molecule has 0 bridgehead atoms. The SMILES string of the molecule is NC1=C(CNc2cccc(N(CCO)CCO)c2)CC(N)(CCC(O)O)C=C1. The first-order chi connectivity index (χ1) is 13.4. The normalized spacial score (nSPS) is 19.4. The Balaban J connectivity index is 2.02. The number of hydrogen-bond donors (Lipinski definition) is 7. The van der Waals surface area contributed by atoms with Crippen molar-refractivity contribution >= 4 is 11.4 Å². The van der Waals surface area contributed by atoms with Crippen molar-refractivity contribution in [2.45, 2.75) is 31.1 Å². The smallest absolute Gasteiger partial charge is 0.151 e. The van der Waals surface area contributed by atoms with Gasteiger partial charge in [-0.15, -0.1) is 0 Å². The maximum Gasteiger partial charge on any atom is 0.151 e. The molecule has 9 N–H and O–H groups in total. The second kappa shape index (κ2) is 10.4. The topological polar surface area (TPSA) is 148 Å². The van der Waals surface area contributed by atoms with Crippen LogP contribution < -0.4 is 21.7 Å². The summed E-state index contributed by atoms with van der Waals surface area (Å²) in [6, 6.07) is 7.73. The zero-order chi connectivity index (χ0) is 20.6. The Labute approximate surface area is 165 Å². The van der Waals surface area contributed by atoms with E-state index in [-0.39, 0.29) is 19.6 Å². The molecule has 0 fully saturated rings. The molecule has 0 saturated carbocycles. The summed E-state index contributed by atoms with van der Waals surface area (Å²) in [4.78, 5) is 1.91. The van der Waals surface area contributed by atoms with Gasteiger partial charge in [-0.2, -0.15) is 0 Å². The molecular weight excluding hydrogens is 360 g/mol. The summed E-state index contributed by atoms with van der Waals surface area (Å²) in [5, 5.41) is 40.0. The van der Waals surface area contributed by atoms with Crippen LogP contribution in [0.1, 0.15) is 19.3 Å². The maximum atomic E-state index is 9.22. The molecule has 0 saturated heterocycles. The van der Waals surface area contributed by atoms with E-state index in [0.29, 0.717) is 38.2 Å². The van der Waals surface area contributed by atoms with Crippen LogP contribution in [0.15, 0.2) is 47.7 Å². The number of hydrogen-bond acceptors (Lipinski definition) is 8. The molecule has 1 aromatic carbocycles. The van der Waals surface area contributed by atoms with Crippen molar-refractivity contribution in [3.63, 3.8) is 0 Å². The summed E-state index contributed by atoms with van der Waals surface area (Å²) in [6.07, 6.45) is 3.43. The van der Waals surface area contributed by atoms with E-state index in [1.54, 1.807) is 6.08 Å². The Bertz CT molecular complexity index is 687. The average molecular weight is 393 g/mol. The highest BCUT2D eigenvalue weighted by atomic mass is 16.5. The van der Waals surface area contributed by atoms with Crippen molar-refractivity contribution in [3.05, 3.63) is 47.7 Å². The molecule has 1 unspecified atom stereocenters. The third-order valence-electron chi connectivity index (χ3n) is 4.87. The predicted octanol–water partition coefficient (Wildman–Crippen LogP) is -0.149. The van der Waals surface area contributed by atoms with Gasteiger partial charge in [0.05, 0.1) is 13.2 Å². The molecule has 0 amide bonds. The molecule has 8 nitrogen and oxygen atoms in total. The number of aliphatic hydroxyl groups excluding tert-OH is 3. The molecule has 1 aliphatic carbocycles. The second-order valence-corrected chi connectivity index (χ2v) is 7.16. The van der Waals surface area contributed by atoms with Gasteiger partial charge >= 0.3 is 0 Å². The fraction of sp³-hybridized carbons (Fsp3) is 0.500. The Morgan fingerprint density at radius 1 is 1.18 bits per heavy atom. The van der Waals surface area contributed by atoms with Crippen molar-refractivity contribution < 1.29 is 20.4 Å². The fourth-order valence-electron chi connectivity index (χ4n) is 3.30. The minimum absolute atomic E-state index is 0.00846. The number of nitrogens with two attached hydrogens (primary N) is 2. The Kier molecular flexibility index (Phi) is 8.28. The Hall–Kier alpha value is -2.10. The summed E-state index contributed by atoms with van der Waals surface area (Å²) in [5.74, 6) is 0. The lowest BCUT2D eigenvalue weighted by atomic mass is 9.82. The van der Waals surface area contributed by atoms with Gasteiger partial charge in [0.2, 0.25) is 0 Å². The molecule has 156 valence electrons. The Morgan fingerprint density at radius 3 is 2.54 bits per heavy atom. The third-order valence-corrected chi connectivity index (χ3v) is 4.87. The minimum Gasteiger partial charge on any atom is -0.399 e. The molecule has 0 radical (unpaired) electrons. The summed E-state index contributed by atoms with van der Waals surface area (Å²) >= 11 is 0. The van der Waals surface area contributed by atoms with E-state index in [1.165, 1.54) is 0 Å². The van der Waals surface area contributed by atoms with Gasteiger partial charge in [-0.25, -0.2) is 0 Å². The van der Waals surface area contributed by atoms with Crippen LogP contribution >= 0.6 is 0 Å². The van der Waals surface area contributed by atoms with Crippen LogP contribution in [0.4, 0.5) is 11.4 Å². The van der Waals surface area contributed by atoms with Crippen molar-refractivity contribution in [3.8, 4) is 0 Å². The molecule has 0 aliphatic heterocycles. The van der Waals surface area contributed by atoms with E-state index in [9.17, 15) is 10.2 Å². The summed E-state index contributed by atoms with van der Waals surface area (Å²) in [7, 11) is 0. The molecule has 0 aromatic heterocycles. The highest BCUT2D eigenvalue weighted by molar-refractivity contribution is 5.58. The third kappa shape index (κ3) is 6.50. The second-order valence-electron chi connectivity index (χ2n) is 7.16. The zero-order valence-electron chi connectivity index (χ0n) is 16.1. The van der Waals surface area contributed by atoms with Gasteiger partial charge in [0.1, 0.15) is 0 Å². The van der Waals surface area contributed by atoms with Gasteiger partial charge in [-0.1, -0.05) is 12.1 Å². The van der Waals surface area contributed by atoms with E-state index >= 15 is 0 Å². The lowest BCUT2D eigenvalue weighted by Gasteiger charge is -2.31. The highest BCUT2D eigenvalue weighted by Gasteiger charge is 2.27. The molecule has 0 spiro atoms. The number of nitrogens with zero attached hydrogens (tertiary/aromatic N) is 1. The van der Waals surface area contributed by atoms with Crippen molar-refractivity contribution in [2.75, 3.05) is 43.1 Å². The quantitative estimate of drug-likeness (QED) is 0.257. The van der Waals surface area contributed by atoms with Crippen LogP contribution in [-0.4, -0.2) is 65.1 Å². The number of allylic oxidation sites excluding steroid dienone is 1. The molecule has 1 atom stereocenters. The molecule has 1 aromatic rings. The first kappa shape index (κ1) is 22.2. The van der Waals surface area contributed by atoms with E-state index in [0.717, 1.165) is 16.9 Å². The van der Waals surface area contributed by atoms with E-state index in [2.05, 4.69) is 5.32 Å². The lowest BCUT2D eigenvalue weighted by molar-refractivity contribution is -0.0488. The molecule has 1 aliphatic rings. The first-order valence-corrected chi connectivity index (χ1v) is 9.49. The molecule has 0 heterocycles. The standard InChI is InChI=1S/C20H32N4O4/c21-18-4-6-20(22,7-5-19(27)28)13-15(18)14-23-16-2-1-3-17(12-16)24(8-10-25)9-11-26/h1-4,6,12,19,23,25-28H,5,7-11,13-14,21-22H2. The summed E-state index contributed by atoms with van der Waals surface area (Å²) in [5.41, 5.74) is 15.3. The zero-order valence-corrected chi connectivity index (χ0v) is 16.1. The van der Waals surface area contributed by atoms with Gasteiger partial charge in [0, 0.05) is 42.2 Å². The average Bonchev–Trinajstić information content (AvgIpc) is 2.67. The van der Waals surface area contributed by atoms with E-state index in [4.69, 9.17) is 21.7 Å². The van der Waals surface area contributed by atoms with Crippen LogP contribution in [0.2, 0.25) is 0 Å². The molecular formula is C20H32N4O4. The number of nitrogens with one attached hydrogen (secondary N) is 1. The van der Waals surface area contributed by atoms with E-state index in [1.807, 2.05) is 35.2 Å². The number of aliphatic hydroxyl groups is 4. The highest BCUT2D eigenvalue weighted by Crippen LogP contribution is 2.28. The fourth-order valence-corrected chi connectivity index (χ4v) is 3.30. The monoisotopic (exact) mass is 392 g/mol.